The predicted molar refractivity (Wildman–Crippen MR) is 105 cm³/mol. The summed E-state index contributed by atoms with van der Waals surface area (Å²) in [6.07, 6.45) is 1.34. The molecule has 140 valence electrons. The first kappa shape index (κ1) is 19.8. The van der Waals surface area contributed by atoms with Crippen LogP contribution in [0.4, 0.5) is 5.69 Å². The van der Waals surface area contributed by atoms with Gasteiger partial charge in [0.2, 0.25) is 0 Å². The minimum Gasteiger partial charge on any atom is -0.507 e. The molecule has 0 bridgehead atoms. The maximum absolute atomic E-state index is 12.5. The lowest BCUT2D eigenvalue weighted by Crippen LogP contribution is -2.22. The summed E-state index contributed by atoms with van der Waals surface area (Å²) in [5.41, 5.74) is 2.34. The van der Waals surface area contributed by atoms with Crippen molar-refractivity contribution in [1.82, 2.24) is 4.41 Å². The zero-order valence-corrected chi connectivity index (χ0v) is 16.4. The molecule has 0 heterocycles. The van der Waals surface area contributed by atoms with Crippen LogP contribution in [0.25, 0.3) is 0 Å². The Labute approximate surface area is 155 Å². The summed E-state index contributed by atoms with van der Waals surface area (Å²) in [7, 11) is -2.35. The van der Waals surface area contributed by atoms with E-state index in [1.165, 1.54) is 13.3 Å². The molecule has 0 aliphatic heterocycles. The standard InChI is InChI=1S/C19H25N3O3S/c1-5-22(6-2)17-10-9-16(19(23)13-17)14-20-21(4)26(24,25)18-11-7-15(3)8-12-18/h7-14,23H,5-6H2,1-4H3/b20-14+. The molecule has 0 amide bonds. The number of hydrazone groups is 1. The zero-order chi connectivity index (χ0) is 19.3. The first-order valence-electron chi connectivity index (χ1n) is 8.47. The topological polar surface area (TPSA) is 73.2 Å². The average molecular weight is 375 g/mol. The average Bonchev–Trinajstić information content (AvgIpc) is 2.62. The molecule has 0 radical (unpaired) electrons. The third kappa shape index (κ3) is 4.35. The van der Waals surface area contributed by atoms with E-state index in [0.29, 0.717) is 5.56 Å². The van der Waals surface area contributed by atoms with Gasteiger partial charge in [-0.05, 0) is 45.0 Å². The highest BCUT2D eigenvalue weighted by atomic mass is 32.2. The molecule has 6 nitrogen and oxygen atoms in total. The second-order valence-corrected chi connectivity index (χ2v) is 7.86. The van der Waals surface area contributed by atoms with Crippen LogP contribution in [0.2, 0.25) is 0 Å². The van der Waals surface area contributed by atoms with E-state index in [1.54, 1.807) is 36.4 Å². The van der Waals surface area contributed by atoms with Crippen LogP contribution in [0, 0.1) is 6.92 Å². The third-order valence-corrected chi connectivity index (χ3v) is 5.83. The van der Waals surface area contributed by atoms with Gasteiger partial charge in [0.25, 0.3) is 10.0 Å². The Bertz CT molecular complexity index is 873. The second-order valence-electron chi connectivity index (χ2n) is 5.91. The molecule has 0 aliphatic carbocycles. The molecule has 0 atom stereocenters. The van der Waals surface area contributed by atoms with Crippen LogP contribution in [0.5, 0.6) is 5.75 Å². The molecule has 0 saturated heterocycles. The molecule has 0 aromatic heterocycles. The first-order valence-corrected chi connectivity index (χ1v) is 9.91. The van der Waals surface area contributed by atoms with Gasteiger partial charge in [0.1, 0.15) is 5.75 Å². The van der Waals surface area contributed by atoms with Crippen molar-refractivity contribution in [1.29, 1.82) is 0 Å². The Kier molecular flexibility index (Phi) is 6.26. The second kappa shape index (κ2) is 8.23. The molecule has 0 fully saturated rings. The Balaban J connectivity index is 2.22. The fraction of sp³-hybridized carbons (Fsp3) is 0.316. The Morgan fingerprint density at radius 2 is 1.69 bits per heavy atom. The number of phenols is 1. The molecule has 7 heteroatoms. The van der Waals surface area contributed by atoms with Crippen molar-refractivity contribution in [2.45, 2.75) is 25.7 Å². The lowest BCUT2D eigenvalue weighted by Gasteiger charge is -2.21. The summed E-state index contributed by atoms with van der Waals surface area (Å²) in [4.78, 5) is 2.28. The van der Waals surface area contributed by atoms with E-state index in [1.807, 2.05) is 26.8 Å². The summed E-state index contributed by atoms with van der Waals surface area (Å²) in [5, 5.41) is 14.2. The molecule has 26 heavy (non-hydrogen) atoms. The fourth-order valence-electron chi connectivity index (χ4n) is 2.50. The van der Waals surface area contributed by atoms with Crippen LogP contribution < -0.4 is 4.90 Å². The largest absolute Gasteiger partial charge is 0.507 e. The number of hydrogen-bond donors (Lipinski definition) is 1. The predicted octanol–water partition coefficient (Wildman–Crippen LogP) is 3.20. The quantitative estimate of drug-likeness (QED) is 0.596. The van der Waals surface area contributed by atoms with Crippen molar-refractivity contribution in [2.75, 3.05) is 25.0 Å². The van der Waals surface area contributed by atoms with Gasteiger partial charge >= 0.3 is 0 Å². The zero-order valence-electron chi connectivity index (χ0n) is 15.5. The van der Waals surface area contributed by atoms with E-state index in [9.17, 15) is 13.5 Å². The van der Waals surface area contributed by atoms with Crippen molar-refractivity contribution in [3.8, 4) is 5.75 Å². The Morgan fingerprint density at radius 1 is 1.08 bits per heavy atom. The van der Waals surface area contributed by atoms with Gasteiger partial charge in [-0.3, -0.25) is 0 Å². The lowest BCUT2D eigenvalue weighted by atomic mass is 10.2. The number of rotatable bonds is 7. The Hall–Kier alpha value is -2.54. The summed E-state index contributed by atoms with van der Waals surface area (Å²) < 4.78 is 25.9. The van der Waals surface area contributed by atoms with Gasteiger partial charge in [-0.1, -0.05) is 17.7 Å². The van der Waals surface area contributed by atoms with E-state index in [2.05, 4.69) is 10.0 Å². The number of phenolic OH excluding ortho intramolecular Hbond substituents is 1. The van der Waals surface area contributed by atoms with Crippen molar-refractivity contribution in [3.05, 3.63) is 53.6 Å². The van der Waals surface area contributed by atoms with Crippen molar-refractivity contribution < 1.29 is 13.5 Å². The highest BCUT2D eigenvalue weighted by Crippen LogP contribution is 2.24. The molecular formula is C19H25N3O3S. The summed E-state index contributed by atoms with van der Waals surface area (Å²) >= 11 is 0. The molecule has 0 aliphatic rings. The minimum atomic E-state index is -3.72. The third-order valence-electron chi connectivity index (χ3n) is 4.17. The number of sulfonamides is 1. The number of aromatic hydroxyl groups is 1. The van der Waals surface area contributed by atoms with E-state index in [-0.39, 0.29) is 10.6 Å². The minimum absolute atomic E-state index is 0.0549. The van der Waals surface area contributed by atoms with Crippen LogP contribution in [0.15, 0.2) is 52.5 Å². The van der Waals surface area contributed by atoms with Crippen LogP contribution in [-0.4, -0.2) is 44.3 Å². The van der Waals surface area contributed by atoms with Crippen molar-refractivity contribution in [2.24, 2.45) is 5.10 Å². The fourth-order valence-corrected chi connectivity index (χ4v) is 3.45. The van der Waals surface area contributed by atoms with Gasteiger partial charge in [-0.25, -0.2) is 0 Å². The number of aryl methyl sites for hydroxylation is 1. The van der Waals surface area contributed by atoms with E-state index < -0.39 is 10.0 Å². The number of benzene rings is 2. The monoisotopic (exact) mass is 375 g/mol. The molecule has 1 N–H and O–H groups in total. The maximum Gasteiger partial charge on any atom is 0.278 e. The van der Waals surface area contributed by atoms with Crippen molar-refractivity contribution >= 4 is 21.9 Å². The molecule has 2 rings (SSSR count). The SMILES string of the molecule is CCN(CC)c1ccc(/C=N/N(C)S(=O)(=O)c2ccc(C)cc2)c(O)c1. The highest BCUT2D eigenvalue weighted by Gasteiger charge is 2.18. The normalized spacial score (nSPS) is 11.7. The molecule has 0 saturated carbocycles. The molecule has 0 spiro atoms. The lowest BCUT2D eigenvalue weighted by molar-refractivity contribution is 0.472. The van der Waals surface area contributed by atoms with Crippen LogP contribution >= 0.6 is 0 Å². The van der Waals surface area contributed by atoms with Crippen LogP contribution in [0.3, 0.4) is 0 Å². The van der Waals surface area contributed by atoms with Crippen molar-refractivity contribution in [3.63, 3.8) is 0 Å². The van der Waals surface area contributed by atoms with Gasteiger partial charge in [0.05, 0.1) is 11.1 Å². The van der Waals surface area contributed by atoms with E-state index >= 15 is 0 Å². The van der Waals surface area contributed by atoms with Gasteiger partial charge < -0.3 is 10.0 Å². The number of anilines is 1. The Morgan fingerprint density at radius 3 is 2.23 bits per heavy atom. The summed E-state index contributed by atoms with van der Waals surface area (Å²) in [6.45, 7) is 7.65. The van der Waals surface area contributed by atoms with E-state index in [4.69, 9.17) is 0 Å². The van der Waals surface area contributed by atoms with E-state index in [0.717, 1.165) is 28.8 Å². The summed E-state index contributed by atoms with van der Waals surface area (Å²) in [6, 6.07) is 11.8. The first-order chi connectivity index (χ1) is 12.3. The van der Waals surface area contributed by atoms with Crippen LogP contribution in [0.1, 0.15) is 25.0 Å². The highest BCUT2D eigenvalue weighted by molar-refractivity contribution is 7.89. The van der Waals surface area contributed by atoms with Gasteiger partial charge in [0.15, 0.2) is 0 Å². The van der Waals surface area contributed by atoms with Crippen LogP contribution in [-0.2, 0) is 10.0 Å². The number of hydrogen-bond acceptors (Lipinski definition) is 5. The summed E-state index contributed by atoms with van der Waals surface area (Å²) in [5.74, 6) is 0.0549. The number of nitrogens with zero attached hydrogens (tertiary/aromatic N) is 3. The smallest absolute Gasteiger partial charge is 0.278 e. The van der Waals surface area contributed by atoms with Gasteiger partial charge in [-0.15, -0.1) is 0 Å². The maximum atomic E-state index is 12.5. The molecule has 2 aromatic carbocycles. The molecule has 0 unspecified atom stereocenters. The molecule has 2 aromatic rings. The molecular weight excluding hydrogens is 350 g/mol. The van der Waals surface area contributed by atoms with Gasteiger partial charge in [-0.2, -0.15) is 17.9 Å². The van der Waals surface area contributed by atoms with Gasteiger partial charge in [0, 0.05) is 37.5 Å².